The minimum Gasteiger partial charge on any atom is -0.493 e. The lowest BCUT2D eigenvalue weighted by molar-refractivity contribution is -0.115. The first-order chi connectivity index (χ1) is 9.90. The molecule has 0 unspecified atom stereocenters. The van der Waals surface area contributed by atoms with Gasteiger partial charge in [-0.15, -0.1) is 0 Å². The summed E-state index contributed by atoms with van der Waals surface area (Å²) in [4.78, 5) is 12.2. The van der Waals surface area contributed by atoms with Crippen molar-refractivity contribution in [2.45, 2.75) is 20.0 Å². The van der Waals surface area contributed by atoms with E-state index in [9.17, 15) is 4.79 Å². The number of methoxy groups -OCH3 is 1. The molecule has 0 atom stereocenters. The van der Waals surface area contributed by atoms with E-state index in [2.05, 4.69) is 21.2 Å². The van der Waals surface area contributed by atoms with Crippen LogP contribution in [0.4, 0.5) is 0 Å². The first kappa shape index (κ1) is 16.3. The number of carbonyl (C=O) groups excluding carboxylic acids is 1. The zero-order chi connectivity index (χ0) is 15.6. The Labute approximate surface area is 141 Å². The molecule has 0 spiro atoms. The molecule has 0 radical (unpaired) electrons. The van der Waals surface area contributed by atoms with E-state index in [-0.39, 0.29) is 12.0 Å². The van der Waals surface area contributed by atoms with Gasteiger partial charge in [0.1, 0.15) is 4.32 Å². The van der Waals surface area contributed by atoms with Crippen LogP contribution < -0.4 is 14.8 Å². The standard InChI is InChI=1S/C14H14BrNO3S2/c1-7(2)19-12-9(15)4-8(5-10(12)18-3)6-11-13(17)16-14(20)21-11/h4-7H,1-3H3,(H,16,17,20)/b11-6-. The summed E-state index contributed by atoms with van der Waals surface area (Å²) in [5.74, 6) is 1.08. The SMILES string of the molecule is COc1cc(/C=C2\SC(=S)NC2=O)cc(Br)c1OC(C)C. The Morgan fingerprint density at radius 2 is 2.14 bits per heavy atom. The number of amides is 1. The zero-order valence-electron chi connectivity index (χ0n) is 11.7. The van der Waals surface area contributed by atoms with E-state index < -0.39 is 0 Å². The molecule has 1 aliphatic rings. The minimum absolute atomic E-state index is 0.0351. The van der Waals surface area contributed by atoms with E-state index in [4.69, 9.17) is 21.7 Å². The van der Waals surface area contributed by atoms with E-state index in [0.717, 1.165) is 10.0 Å². The average Bonchev–Trinajstić information content (AvgIpc) is 2.70. The first-order valence-corrected chi connectivity index (χ1v) is 8.21. The largest absolute Gasteiger partial charge is 0.493 e. The van der Waals surface area contributed by atoms with Gasteiger partial charge in [0.15, 0.2) is 11.5 Å². The van der Waals surface area contributed by atoms with Gasteiger partial charge in [0, 0.05) is 0 Å². The maximum atomic E-state index is 11.7. The highest BCUT2D eigenvalue weighted by atomic mass is 79.9. The molecule has 1 heterocycles. The molecular weight excluding hydrogens is 374 g/mol. The number of nitrogens with one attached hydrogen (secondary N) is 1. The van der Waals surface area contributed by atoms with Gasteiger partial charge in [-0.3, -0.25) is 4.79 Å². The van der Waals surface area contributed by atoms with Gasteiger partial charge in [0.25, 0.3) is 5.91 Å². The molecule has 1 aromatic carbocycles. The number of rotatable bonds is 4. The molecule has 1 aliphatic heterocycles. The van der Waals surface area contributed by atoms with Crippen LogP contribution in [0.5, 0.6) is 11.5 Å². The summed E-state index contributed by atoms with van der Waals surface area (Å²) in [5, 5.41) is 2.59. The van der Waals surface area contributed by atoms with Crippen LogP contribution in [-0.4, -0.2) is 23.4 Å². The molecule has 1 aromatic rings. The fourth-order valence-electron chi connectivity index (χ4n) is 1.75. The summed E-state index contributed by atoms with van der Waals surface area (Å²) in [5.41, 5.74) is 0.831. The lowest BCUT2D eigenvalue weighted by atomic mass is 10.2. The average molecular weight is 388 g/mol. The predicted octanol–water partition coefficient (Wildman–Crippen LogP) is 3.73. The summed E-state index contributed by atoms with van der Waals surface area (Å²) < 4.78 is 12.3. The second kappa shape index (κ2) is 6.81. The monoisotopic (exact) mass is 387 g/mol. The van der Waals surface area contributed by atoms with Crippen LogP contribution in [0.2, 0.25) is 0 Å². The quantitative estimate of drug-likeness (QED) is 0.629. The van der Waals surface area contributed by atoms with Crippen molar-refractivity contribution in [2.24, 2.45) is 0 Å². The second-order valence-corrected chi connectivity index (χ2v) is 7.13. The molecule has 1 saturated heterocycles. The van der Waals surface area contributed by atoms with Gasteiger partial charge < -0.3 is 14.8 Å². The molecule has 1 amide bonds. The van der Waals surface area contributed by atoms with E-state index in [1.54, 1.807) is 13.2 Å². The van der Waals surface area contributed by atoms with Gasteiger partial charge in [-0.25, -0.2) is 0 Å². The van der Waals surface area contributed by atoms with Crippen molar-refractivity contribution in [1.29, 1.82) is 0 Å². The molecule has 112 valence electrons. The maximum absolute atomic E-state index is 11.7. The van der Waals surface area contributed by atoms with E-state index in [1.165, 1.54) is 11.8 Å². The maximum Gasteiger partial charge on any atom is 0.263 e. The molecule has 21 heavy (non-hydrogen) atoms. The second-order valence-electron chi connectivity index (χ2n) is 4.55. The van der Waals surface area contributed by atoms with Crippen molar-refractivity contribution in [3.63, 3.8) is 0 Å². The van der Waals surface area contributed by atoms with Crippen molar-refractivity contribution in [2.75, 3.05) is 7.11 Å². The van der Waals surface area contributed by atoms with Crippen LogP contribution in [0.15, 0.2) is 21.5 Å². The highest BCUT2D eigenvalue weighted by Gasteiger charge is 2.22. The fraction of sp³-hybridized carbons (Fsp3) is 0.286. The topological polar surface area (TPSA) is 47.6 Å². The number of ether oxygens (including phenoxy) is 2. The Bertz CT molecular complexity index is 629. The van der Waals surface area contributed by atoms with Gasteiger partial charge >= 0.3 is 0 Å². The third-order valence-electron chi connectivity index (χ3n) is 2.55. The van der Waals surface area contributed by atoms with Crippen LogP contribution >= 0.6 is 39.9 Å². The number of thiocarbonyl (C=S) groups is 1. The Balaban J connectivity index is 2.38. The predicted molar refractivity (Wildman–Crippen MR) is 92.8 cm³/mol. The van der Waals surface area contributed by atoms with Gasteiger partial charge in [-0.2, -0.15) is 0 Å². The molecule has 1 fully saturated rings. The third-order valence-corrected chi connectivity index (χ3v) is 4.30. The molecule has 0 aliphatic carbocycles. The minimum atomic E-state index is -0.178. The first-order valence-electron chi connectivity index (χ1n) is 6.19. The zero-order valence-corrected chi connectivity index (χ0v) is 14.9. The van der Waals surface area contributed by atoms with Crippen LogP contribution in [-0.2, 0) is 4.79 Å². The van der Waals surface area contributed by atoms with Crippen LogP contribution in [0.1, 0.15) is 19.4 Å². The number of hydrogen-bond donors (Lipinski definition) is 1. The van der Waals surface area contributed by atoms with Crippen LogP contribution in [0.3, 0.4) is 0 Å². The number of thioether (sulfide) groups is 1. The van der Waals surface area contributed by atoms with Crippen molar-refractivity contribution >= 4 is 56.2 Å². The number of halogens is 1. The molecule has 7 heteroatoms. The third kappa shape index (κ3) is 3.99. The van der Waals surface area contributed by atoms with E-state index in [1.807, 2.05) is 26.0 Å². The van der Waals surface area contributed by atoms with E-state index >= 15 is 0 Å². The van der Waals surface area contributed by atoms with Crippen molar-refractivity contribution in [1.82, 2.24) is 5.32 Å². The number of benzene rings is 1. The normalized spacial score (nSPS) is 16.5. The van der Waals surface area contributed by atoms with Gasteiger partial charge in [0.05, 0.1) is 22.6 Å². The van der Waals surface area contributed by atoms with Gasteiger partial charge in [-0.1, -0.05) is 24.0 Å². The summed E-state index contributed by atoms with van der Waals surface area (Å²) in [7, 11) is 1.58. The van der Waals surface area contributed by atoms with Crippen molar-refractivity contribution in [3.05, 3.63) is 27.1 Å². The molecule has 2 rings (SSSR count). The van der Waals surface area contributed by atoms with Crippen molar-refractivity contribution < 1.29 is 14.3 Å². The van der Waals surface area contributed by atoms with Crippen LogP contribution in [0, 0.1) is 0 Å². The van der Waals surface area contributed by atoms with Gasteiger partial charge in [0.2, 0.25) is 0 Å². The van der Waals surface area contributed by atoms with E-state index in [0.29, 0.717) is 20.7 Å². The number of hydrogen-bond acceptors (Lipinski definition) is 5. The Morgan fingerprint density at radius 1 is 1.43 bits per heavy atom. The lowest BCUT2D eigenvalue weighted by Crippen LogP contribution is -2.17. The fourth-order valence-corrected chi connectivity index (χ4v) is 3.34. The Morgan fingerprint density at radius 3 is 2.67 bits per heavy atom. The molecular formula is C14H14BrNO3S2. The molecule has 0 bridgehead atoms. The molecule has 4 nitrogen and oxygen atoms in total. The van der Waals surface area contributed by atoms with Crippen molar-refractivity contribution in [3.8, 4) is 11.5 Å². The summed E-state index contributed by atoms with van der Waals surface area (Å²) in [6.07, 6.45) is 1.80. The summed E-state index contributed by atoms with van der Waals surface area (Å²) in [6, 6.07) is 3.70. The molecule has 0 saturated carbocycles. The molecule has 0 aromatic heterocycles. The summed E-state index contributed by atoms with van der Waals surface area (Å²) in [6.45, 7) is 3.89. The lowest BCUT2D eigenvalue weighted by Gasteiger charge is -2.16. The highest BCUT2D eigenvalue weighted by molar-refractivity contribution is 9.10. The van der Waals surface area contributed by atoms with Gasteiger partial charge in [-0.05, 0) is 53.5 Å². The Kier molecular flexibility index (Phi) is 5.29. The summed E-state index contributed by atoms with van der Waals surface area (Å²) >= 11 is 9.69. The van der Waals surface area contributed by atoms with Crippen LogP contribution in [0.25, 0.3) is 6.08 Å². The highest BCUT2D eigenvalue weighted by Crippen LogP contribution is 2.38. The molecule has 1 N–H and O–H groups in total. The smallest absolute Gasteiger partial charge is 0.263 e. The number of carbonyl (C=O) groups is 1. The Hall–Kier alpha value is -1.05.